The molecular formula is C28H21FN4O3S. The molecule has 37 heavy (non-hydrogen) atoms. The molecule has 3 heterocycles. The van der Waals surface area contributed by atoms with E-state index < -0.39 is 0 Å². The molecule has 1 aliphatic heterocycles. The van der Waals surface area contributed by atoms with Crippen molar-refractivity contribution in [2.45, 2.75) is 19.9 Å². The van der Waals surface area contributed by atoms with Gasteiger partial charge < -0.3 is 9.64 Å². The van der Waals surface area contributed by atoms with Gasteiger partial charge in [0.15, 0.2) is 5.82 Å². The maximum absolute atomic E-state index is 13.6. The number of fused-ring (bicyclic) bond motifs is 2. The number of halogens is 1. The van der Waals surface area contributed by atoms with Gasteiger partial charge in [0.2, 0.25) is 4.96 Å². The zero-order valence-electron chi connectivity index (χ0n) is 19.8. The molecule has 1 amide bonds. The van der Waals surface area contributed by atoms with E-state index in [9.17, 15) is 14.0 Å². The summed E-state index contributed by atoms with van der Waals surface area (Å²) < 4.78 is 20.5. The van der Waals surface area contributed by atoms with Gasteiger partial charge in [-0.3, -0.25) is 9.59 Å². The molecule has 0 bridgehead atoms. The highest BCUT2D eigenvalue weighted by Gasteiger charge is 2.34. The van der Waals surface area contributed by atoms with Crippen molar-refractivity contribution in [1.82, 2.24) is 14.6 Å². The summed E-state index contributed by atoms with van der Waals surface area (Å²) in [6.45, 7) is 2.95. The van der Waals surface area contributed by atoms with Crippen molar-refractivity contribution in [2.75, 3.05) is 11.5 Å². The number of para-hydroxylation sites is 1. The standard InChI is InChI=1S/C28H21FN4O3S/c1-2-15-36-20-13-9-18(10-14-20)25-30-28-33(31-25)27(35)24(37-28)23-21-5-3-4-6-22(21)32(26(23)34)16-17-7-11-19(29)12-8-17/h3-14H,2,15-16H2,1H3/b24-23-. The molecule has 9 heteroatoms. The second-order valence-electron chi connectivity index (χ2n) is 8.65. The normalized spacial score (nSPS) is 14.4. The number of benzene rings is 3. The largest absolute Gasteiger partial charge is 0.494 e. The smallest absolute Gasteiger partial charge is 0.291 e. The second kappa shape index (κ2) is 9.25. The molecule has 0 N–H and O–H groups in total. The predicted molar refractivity (Wildman–Crippen MR) is 140 cm³/mol. The van der Waals surface area contributed by atoms with E-state index in [1.165, 1.54) is 16.6 Å². The van der Waals surface area contributed by atoms with Crippen molar-refractivity contribution in [3.8, 4) is 17.1 Å². The third-order valence-electron chi connectivity index (χ3n) is 6.15. The molecule has 0 radical (unpaired) electrons. The fourth-order valence-electron chi connectivity index (χ4n) is 4.36. The number of thiazole rings is 1. The van der Waals surface area contributed by atoms with Gasteiger partial charge in [-0.25, -0.2) is 4.39 Å². The monoisotopic (exact) mass is 512 g/mol. The maximum Gasteiger partial charge on any atom is 0.291 e. The molecule has 0 saturated carbocycles. The van der Waals surface area contributed by atoms with Crippen LogP contribution in [0.1, 0.15) is 24.5 Å². The first kappa shape index (κ1) is 23.1. The minimum atomic E-state index is -0.386. The second-order valence-corrected chi connectivity index (χ2v) is 9.63. The Balaban J connectivity index is 1.40. The number of nitrogens with zero attached hydrogens (tertiary/aromatic N) is 4. The van der Waals surface area contributed by atoms with Crippen LogP contribution in [0.25, 0.3) is 21.9 Å². The molecule has 7 nitrogen and oxygen atoms in total. The summed E-state index contributed by atoms with van der Waals surface area (Å²) in [6, 6.07) is 20.8. The molecular weight excluding hydrogens is 491 g/mol. The molecule has 5 aromatic rings. The molecule has 0 atom stereocenters. The molecule has 1 aliphatic rings. The summed E-state index contributed by atoms with van der Waals surface area (Å²) in [6.07, 6.45) is 0.922. The molecule has 3 aromatic carbocycles. The van der Waals surface area contributed by atoms with Crippen molar-refractivity contribution >= 4 is 33.5 Å². The van der Waals surface area contributed by atoms with Crippen LogP contribution in [0.3, 0.4) is 0 Å². The maximum atomic E-state index is 13.6. The fraction of sp³-hybridized carbons (Fsp3) is 0.143. The lowest BCUT2D eigenvalue weighted by atomic mass is 10.1. The molecule has 0 aliphatic carbocycles. The third kappa shape index (κ3) is 4.07. The van der Waals surface area contributed by atoms with E-state index in [-0.39, 0.29) is 23.8 Å². The first-order valence-corrected chi connectivity index (χ1v) is 12.7. The van der Waals surface area contributed by atoms with Gasteiger partial charge in [0, 0.05) is 11.1 Å². The van der Waals surface area contributed by atoms with Gasteiger partial charge in [0.05, 0.1) is 24.4 Å². The predicted octanol–water partition coefficient (Wildman–Crippen LogP) is 4.21. The average molecular weight is 513 g/mol. The van der Waals surface area contributed by atoms with Gasteiger partial charge in [-0.05, 0) is 54.4 Å². The quantitative estimate of drug-likeness (QED) is 0.341. The van der Waals surface area contributed by atoms with Gasteiger partial charge in [0.25, 0.3) is 11.5 Å². The van der Waals surface area contributed by atoms with Crippen LogP contribution < -0.4 is 19.7 Å². The Labute approximate surface area is 215 Å². The van der Waals surface area contributed by atoms with Crippen LogP contribution in [0.2, 0.25) is 0 Å². The van der Waals surface area contributed by atoms with E-state index in [0.717, 1.165) is 34.6 Å². The number of hydrogen-bond acceptors (Lipinski definition) is 6. The molecule has 2 aromatic heterocycles. The summed E-state index contributed by atoms with van der Waals surface area (Å²) in [5.74, 6) is 0.571. The van der Waals surface area contributed by atoms with Crippen molar-refractivity contribution in [1.29, 1.82) is 0 Å². The summed E-state index contributed by atoms with van der Waals surface area (Å²) >= 11 is 1.15. The number of rotatable bonds is 6. The molecule has 0 saturated heterocycles. The highest BCUT2D eigenvalue weighted by atomic mass is 32.1. The highest BCUT2D eigenvalue weighted by Crippen LogP contribution is 2.36. The van der Waals surface area contributed by atoms with Crippen LogP contribution in [-0.2, 0) is 11.3 Å². The summed E-state index contributed by atoms with van der Waals surface area (Å²) in [5.41, 5.74) is 2.88. The molecule has 0 unspecified atom stereocenters. The Morgan fingerprint density at radius 2 is 1.73 bits per heavy atom. The van der Waals surface area contributed by atoms with Gasteiger partial charge in [0.1, 0.15) is 16.1 Å². The van der Waals surface area contributed by atoms with Gasteiger partial charge in [-0.1, -0.05) is 48.6 Å². The van der Waals surface area contributed by atoms with E-state index in [2.05, 4.69) is 10.1 Å². The van der Waals surface area contributed by atoms with Crippen LogP contribution >= 0.6 is 11.3 Å². The van der Waals surface area contributed by atoms with E-state index >= 15 is 0 Å². The lowest BCUT2D eigenvalue weighted by Gasteiger charge is -2.17. The summed E-state index contributed by atoms with van der Waals surface area (Å²) in [4.78, 5) is 33.6. The van der Waals surface area contributed by atoms with E-state index in [0.29, 0.717) is 38.7 Å². The number of ether oxygens (including phenoxy) is 1. The van der Waals surface area contributed by atoms with Crippen LogP contribution in [0.5, 0.6) is 5.75 Å². The number of amides is 1. The van der Waals surface area contributed by atoms with E-state index in [1.54, 1.807) is 17.0 Å². The van der Waals surface area contributed by atoms with Crippen LogP contribution in [0.15, 0.2) is 77.6 Å². The van der Waals surface area contributed by atoms with Gasteiger partial charge in [-0.15, -0.1) is 5.10 Å². The zero-order chi connectivity index (χ0) is 25.5. The van der Waals surface area contributed by atoms with Crippen LogP contribution in [0.4, 0.5) is 10.1 Å². The first-order chi connectivity index (χ1) is 18.0. The number of carbonyl (C=O) groups is 1. The SMILES string of the molecule is CCCOc1ccc(-c2nc3s/c(=C4\C(=O)N(Cc5ccc(F)cc5)c5ccccc54)c(=O)n3n2)cc1. The minimum absolute atomic E-state index is 0.261. The number of anilines is 1. The van der Waals surface area contributed by atoms with Gasteiger partial charge in [-0.2, -0.15) is 9.50 Å². The molecule has 6 rings (SSSR count). The van der Waals surface area contributed by atoms with Crippen LogP contribution in [0, 0.1) is 5.82 Å². The number of aromatic nitrogens is 3. The average Bonchev–Trinajstić information content (AvgIpc) is 3.55. The minimum Gasteiger partial charge on any atom is -0.494 e. The van der Waals surface area contributed by atoms with E-state index in [1.807, 2.05) is 55.5 Å². The highest BCUT2D eigenvalue weighted by molar-refractivity contribution is 7.15. The summed E-state index contributed by atoms with van der Waals surface area (Å²) in [7, 11) is 0. The zero-order valence-corrected chi connectivity index (χ0v) is 20.7. The third-order valence-corrected chi connectivity index (χ3v) is 7.18. The van der Waals surface area contributed by atoms with Gasteiger partial charge >= 0.3 is 0 Å². The van der Waals surface area contributed by atoms with Crippen molar-refractivity contribution in [3.63, 3.8) is 0 Å². The Morgan fingerprint density at radius 1 is 0.973 bits per heavy atom. The lowest BCUT2D eigenvalue weighted by molar-refractivity contribution is -0.113. The Hall–Kier alpha value is -4.37. The van der Waals surface area contributed by atoms with Crippen LogP contribution in [-0.4, -0.2) is 27.1 Å². The Bertz CT molecular complexity index is 1740. The molecule has 0 spiro atoms. The Kier molecular flexibility index (Phi) is 5.77. The Morgan fingerprint density at radius 3 is 2.46 bits per heavy atom. The van der Waals surface area contributed by atoms with Crippen molar-refractivity contribution < 1.29 is 13.9 Å². The fourth-order valence-corrected chi connectivity index (χ4v) is 5.35. The first-order valence-electron chi connectivity index (χ1n) is 11.9. The van der Waals surface area contributed by atoms with E-state index in [4.69, 9.17) is 4.74 Å². The van der Waals surface area contributed by atoms with Crippen molar-refractivity contribution in [3.05, 3.63) is 105 Å². The topological polar surface area (TPSA) is 76.8 Å². The summed E-state index contributed by atoms with van der Waals surface area (Å²) in [5, 5.41) is 4.43. The molecule has 0 fully saturated rings. The number of carbonyl (C=O) groups excluding carboxylic acids is 1. The van der Waals surface area contributed by atoms with Crippen molar-refractivity contribution in [2.24, 2.45) is 0 Å². The lowest BCUT2D eigenvalue weighted by Crippen LogP contribution is -2.32. The molecule has 184 valence electrons. The number of hydrogen-bond donors (Lipinski definition) is 0.